The number of nitrogens with zero attached hydrogens (tertiary/aromatic N) is 2. The number of benzene rings is 1. The number of cyclic esters (lactones) is 1. The summed E-state index contributed by atoms with van der Waals surface area (Å²) < 4.78 is 11.4. The monoisotopic (exact) mass is 697 g/mol. The number of rotatable bonds is 8. The van der Waals surface area contributed by atoms with Gasteiger partial charge in [0, 0.05) is 25.6 Å². The summed E-state index contributed by atoms with van der Waals surface area (Å²) in [6.07, 6.45) is 3.55. The maximum atomic E-state index is 14.3. The van der Waals surface area contributed by atoms with Crippen LogP contribution in [0.15, 0.2) is 18.2 Å². The number of carbonyl (C=O) groups excluding carboxylic acids is 6. The van der Waals surface area contributed by atoms with Crippen molar-refractivity contribution in [3.05, 3.63) is 34.9 Å². The molecule has 3 aliphatic heterocycles. The van der Waals surface area contributed by atoms with Crippen molar-refractivity contribution in [1.29, 1.82) is 0 Å². The summed E-state index contributed by atoms with van der Waals surface area (Å²) >= 11 is 0. The van der Waals surface area contributed by atoms with Gasteiger partial charge in [0.1, 0.15) is 18.2 Å². The van der Waals surface area contributed by atoms with Gasteiger partial charge in [-0.1, -0.05) is 72.1 Å². The second kappa shape index (κ2) is 17.2. The van der Waals surface area contributed by atoms with E-state index in [0.29, 0.717) is 32.4 Å². The molecule has 0 aromatic heterocycles. The average Bonchev–Trinajstić information content (AvgIpc) is 3.70. The van der Waals surface area contributed by atoms with Gasteiger partial charge in [-0.15, -0.1) is 0 Å². The largest absolute Gasteiger partial charge is 0.450 e. The summed E-state index contributed by atoms with van der Waals surface area (Å²) in [7, 11) is 0. The zero-order valence-electron chi connectivity index (χ0n) is 30.5. The van der Waals surface area contributed by atoms with Gasteiger partial charge in [-0.3, -0.25) is 24.1 Å². The van der Waals surface area contributed by atoms with E-state index in [1.807, 2.05) is 26.0 Å². The van der Waals surface area contributed by atoms with Crippen LogP contribution in [0, 0.1) is 5.41 Å². The Bertz CT molecular complexity index is 1420. The minimum absolute atomic E-state index is 0.0250. The van der Waals surface area contributed by atoms with Crippen molar-refractivity contribution in [2.24, 2.45) is 5.41 Å². The number of hydrogen-bond donors (Lipinski definition) is 3. The average molecular weight is 698 g/mol. The van der Waals surface area contributed by atoms with Crippen molar-refractivity contribution in [2.45, 2.75) is 143 Å². The first kappa shape index (κ1) is 38.6. The quantitative estimate of drug-likeness (QED) is 0.342. The molecule has 13 heteroatoms. The van der Waals surface area contributed by atoms with Crippen LogP contribution in [-0.4, -0.2) is 88.9 Å². The zero-order valence-corrected chi connectivity index (χ0v) is 30.5. The molecule has 1 unspecified atom stereocenters. The lowest BCUT2D eigenvalue weighted by molar-refractivity contribution is -0.144. The summed E-state index contributed by atoms with van der Waals surface area (Å²) in [4.78, 5) is 83.6. The molecule has 1 saturated heterocycles. The van der Waals surface area contributed by atoms with Gasteiger partial charge in [-0.25, -0.2) is 9.59 Å². The number of ketones is 1. The minimum atomic E-state index is -1.13. The van der Waals surface area contributed by atoms with E-state index in [1.54, 1.807) is 32.6 Å². The van der Waals surface area contributed by atoms with Gasteiger partial charge in [0.25, 0.3) is 5.91 Å². The fourth-order valence-electron chi connectivity index (χ4n) is 6.74. The summed E-state index contributed by atoms with van der Waals surface area (Å²) in [5, 5.41) is 8.10. The number of alkyl carbamates (subject to hydrolysis) is 1. The molecule has 1 aromatic rings. The number of fused-ring (bicyclic) bond motifs is 3. The number of ether oxygens (including phenoxy) is 2. The molecule has 5 amide bonds. The highest BCUT2D eigenvalue weighted by Gasteiger charge is 2.47. The van der Waals surface area contributed by atoms with Gasteiger partial charge < -0.3 is 30.3 Å². The Kier molecular flexibility index (Phi) is 13.3. The van der Waals surface area contributed by atoms with Gasteiger partial charge in [0.05, 0.1) is 19.2 Å². The molecule has 5 atom stereocenters. The fraction of sp³-hybridized carbons (Fsp3) is 0.676. The molecule has 3 heterocycles. The number of amides is 5. The number of carbonyl (C=O) groups is 6. The highest BCUT2D eigenvalue weighted by molar-refractivity contribution is 6.38. The highest BCUT2D eigenvalue weighted by Crippen LogP contribution is 2.31. The predicted molar refractivity (Wildman–Crippen MR) is 186 cm³/mol. The number of nitrogens with one attached hydrogen (secondary N) is 3. The number of hydrogen-bond acceptors (Lipinski definition) is 8. The van der Waals surface area contributed by atoms with E-state index < -0.39 is 65.3 Å². The highest BCUT2D eigenvalue weighted by atomic mass is 16.6. The Labute approximate surface area is 295 Å². The summed E-state index contributed by atoms with van der Waals surface area (Å²) in [5.41, 5.74) is 2.60. The summed E-state index contributed by atoms with van der Waals surface area (Å²) in [6, 6.07) is 2.57. The third-order valence-electron chi connectivity index (χ3n) is 9.83. The lowest BCUT2D eigenvalue weighted by Crippen LogP contribution is -2.59. The molecular weight excluding hydrogens is 642 g/mol. The van der Waals surface area contributed by atoms with Crippen LogP contribution in [-0.2, 0) is 48.2 Å². The van der Waals surface area contributed by atoms with Crippen molar-refractivity contribution in [3.63, 3.8) is 0 Å². The second-order valence-corrected chi connectivity index (χ2v) is 14.9. The Morgan fingerprint density at radius 2 is 1.72 bits per heavy atom. The molecule has 3 aliphatic rings. The number of aryl methyl sites for hydroxylation is 1. The number of Topliss-reactive ketones (excluding diaryl/α,β-unsaturated/α-hetero) is 1. The molecule has 0 radical (unpaired) electrons. The van der Waals surface area contributed by atoms with E-state index in [1.165, 1.54) is 10.5 Å². The zero-order chi connectivity index (χ0) is 36.6. The summed E-state index contributed by atoms with van der Waals surface area (Å²) in [6.45, 7) is 11.8. The lowest BCUT2D eigenvalue weighted by atomic mass is 9.85. The first-order chi connectivity index (χ1) is 23.7. The van der Waals surface area contributed by atoms with E-state index in [0.717, 1.165) is 36.8 Å². The first-order valence-corrected chi connectivity index (χ1v) is 18.2. The Hall–Kier alpha value is -4.16. The van der Waals surface area contributed by atoms with E-state index in [2.05, 4.69) is 22.0 Å². The molecule has 0 saturated carbocycles. The minimum Gasteiger partial charge on any atom is -0.450 e. The molecule has 0 aliphatic carbocycles. The van der Waals surface area contributed by atoms with Crippen LogP contribution in [0.1, 0.15) is 110 Å². The van der Waals surface area contributed by atoms with E-state index >= 15 is 0 Å². The molecule has 0 spiro atoms. The molecule has 50 heavy (non-hydrogen) atoms. The molecule has 1 fully saturated rings. The second-order valence-electron chi connectivity index (χ2n) is 14.9. The van der Waals surface area contributed by atoms with Crippen LogP contribution in [0.2, 0.25) is 0 Å². The lowest BCUT2D eigenvalue weighted by Gasteiger charge is -2.35. The third-order valence-corrected chi connectivity index (χ3v) is 9.83. The van der Waals surface area contributed by atoms with Crippen LogP contribution in [0.3, 0.4) is 0 Å². The van der Waals surface area contributed by atoms with Gasteiger partial charge in [0.2, 0.25) is 17.6 Å². The Morgan fingerprint density at radius 3 is 2.42 bits per heavy atom. The maximum Gasteiger partial charge on any atom is 0.410 e. The summed E-state index contributed by atoms with van der Waals surface area (Å²) in [5.74, 6) is -2.75. The van der Waals surface area contributed by atoms with Gasteiger partial charge >= 0.3 is 12.2 Å². The van der Waals surface area contributed by atoms with E-state index in [-0.39, 0.29) is 32.0 Å². The molecular formula is C37H55N5O8. The van der Waals surface area contributed by atoms with Crippen LogP contribution in [0.25, 0.3) is 0 Å². The smallest absolute Gasteiger partial charge is 0.410 e. The standard InChI is InChI=1S/C37H55N5O8/c1-7-14-28(30(43)33(45)38-23(3)8-2)39-32(44)29-19-26-21-42(29)34(46)31(37(4,5)6)40-35(47)49-18-12-10-9-11-15-24-16-13-17-25-20-41(22-27(24)25)36(48)50-26/h13,16-17,23,26,28-29,31H,7-12,14-15,18-22H2,1-6H3,(H,38,45)(H,39,44)(H,40,47)/t23?,26-,28+,29+,31-/m1/s1. The van der Waals surface area contributed by atoms with Gasteiger partial charge in [-0.2, -0.15) is 0 Å². The van der Waals surface area contributed by atoms with Crippen LogP contribution < -0.4 is 16.0 Å². The third kappa shape index (κ3) is 9.75. The molecule has 3 N–H and O–H groups in total. The van der Waals surface area contributed by atoms with Crippen LogP contribution >= 0.6 is 0 Å². The van der Waals surface area contributed by atoms with Crippen LogP contribution in [0.4, 0.5) is 9.59 Å². The van der Waals surface area contributed by atoms with Crippen molar-refractivity contribution in [1.82, 2.24) is 25.8 Å². The Balaban J connectivity index is 1.61. The maximum absolute atomic E-state index is 14.3. The topological polar surface area (TPSA) is 163 Å². The first-order valence-electron chi connectivity index (χ1n) is 18.2. The van der Waals surface area contributed by atoms with E-state index in [9.17, 15) is 28.8 Å². The molecule has 276 valence electrons. The van der Waals surface area contributed by atoms with Crippen molar-refractivity contribution in [2.75, 3.05) is 13.2 Å². The van der Waals surface area contributed by atoms with E-state index in [4.69, 9.17) is 9.47 Å². The molecule has 13 nitrogen and oxygen atoms in total. The predicted octanol–water partition coefficient (Wildman–Crippen LogP) is 4.13. The fourth-order valence-corrected chi connectivity index (χ4v) is 6.74. The van der Waals surface area contributed by atoms with Gasteiger partial charge in [0.15, 0.2) is 0 Å². The van der Waals surface area contributed by atoms with Gasteiger partial charge in [-0.05, 0) is 61.1 Å². The normalized spacial score (nSPS) is 23.2. The van der Waals surface area contributed by atoms with Crippen molar-refractivity contribution >= 4 is 35.7 Å². The van der Waals surface area contributed by atoms with Crippen molar-refractivity contribution in [3.8, 4) is 0 Å². The van der Waals surface area contributed by atoms with Crippen molar-refractivity contribution < 1.29 is 38.2 Å². The molecule has 1 aromatic carbocycles. The SMILES string of the molecule is CCC[C@H](NC(=O)[C@@H]1C[C@@H]2CN1C(=O)[C@H](C(C)(C)C)NC(=O)OCCCCCCc1cccc3c1CN(C3)C(=O)O2)C(=O)C(=O)NC(C)CC. The van der Waals surface area contributed by atoms with Crippen LogP contribution in [0.5, 0.6) is 0 Å². The molecule has 4 bridgehead atoms. The molecule has 4 rings (SSSR count). The Morgan fingerprint density at radius 1 is 1.00 bits per heavy atom.